The number of H-pyrrole nitrogens is 1. The van der Waals surface area contributed by atoms with Crippen molar-refractivity contribution in [2.75, 3.05) is 36.4 Å². The maximum atomic E-state index is 11.0. The Balaban J connectivity index is 0.000000248. The first-order valence-electron chi connectivity index (χ1n) is 13.1. The molecule has 1 aromatic carbocycles. The Morgan fingerprint density at radius 1 is 1.10 bits per heavy atom. The Labute approximate surface area is 232 Å². The number of aryl methyl sites for hydroxylation is 1. The number of nitrogens with zero attached hydrogens (tertiary/aromatic N) is 6. The van der Waals surface area contributed by atoms with E-state index in [2.05, 4.69) is 32.3 Å². The van der Waals surface area contributed by atoms with Gasteiger partial charge in [-0.3, -0.25) is 14.7 Å². The number of fused-ring (bicyclic) bond motifs is 1. The maximum absolute atomic E-state index is 11.0. The lowest BCUT2D eigenvalue weighted by atomic mass is 10.1. The van der Waals surface area contributed by atoms with Crippen LogP contribution in [0.25, 0.3) is 11.0 Å². The number of carbonyl (C=O) groups is 2. The molecule has 0 bridgehead atoms. The van der Waals surface area contributed by atoms with Crippen LogP contribution < -0.4 is 10.2 Å². The van der Waals surface area contributed by atoms with Crippen LogP contribution >= 0.6 is 0 Å². The predicted octanol–water partition coefficient (Wildman–Crippen LogP) is 3.48. The fraction of sp³-hybridized carbons (Fsp3) is 0.300. The molecular formula is C30H30N8O2. The number of nitrogens with one attached hydrogen (secondary N) is 2. The molecule has 10 heteroatoms. The second-order valence-corrected chi connectivity index (χ2v) is 9.85. The first-order valence-corrected chi connectivity index (χ1v) is 13.1. The molecule has 0 atom stereocenters. The van der Waals surface area contributed by atoms with E-state index in [1.807, 2.05) is 42.0 Å². The highest BCUT2D eigenvalue weighted by atomic mass is 16.1. The molecule has 1 aliphatic heterocycles. The van der Waals surface area contributed by atoms with Crippen molar-refractivity contribution >= 4 is 41.3 Å². The Hall–Kier alpha value is -5.09. The molecule has 10 nitrogen and oxygen atoms in total. The monoisotopic (exact) mass is 534 g/mol. The van der Waals surface area contributed by atoms with Gasteiger partial charge in [0.25, 0.3) is 0 Å². The number of aromatic amines is 1. The zero-order chi connectivity index (χ0) is 28.1. The lowest BCUT2D eigenvalue weighted by molar-refractivity contribution is -0.118. The van der Waals surface area contributed by atoms with Gasteiger partial charge in [0.1, 0.15) is 11.5 Å². The van der Waals surface area contributed by atoms with E-state index in [1.54, 1.807) is 11.0 Å². The molecule has 3 aromatic heterocycles. The number of hydrogen-bond acceptors (Lipinski definition) is 7. The van der Waals surface area contributed by atoms with Gasteiger partial charge in [0.15, 0.2) is 12.1 Å². The van der Waals surface area contributed by atoms with Crippen LogP contribution in [0, 0.1) is 31.6 Å². The van der Waals surface area contributed by atoms with Gasteiger partial charge in [-0.1, -0.05) is 24.0 Å². The van der Waals surface area contributed by atoms with Gasteiger partial charge >= 0.3 is 0 Å². The van der Waals surface area contributed by atoms with Crippen molar-refractivity contribution in [2.24, 2.45) is 0 Å². The van der Waals surface area contributed by atoms with Crippen molar-refractivity contribution in [2.45, 2.75) is 32.2 Å². The van der Waals surface area contributed by atoms with Gasteiger partial charge in [-0.25, -0.2) is 0 Å². The first kappa shape index (κ1) is 26.5. The number of benzene rings is 1. The van der Waals surface area contributed by atoms with Gasteiger partial charge in [0, 0.05) is 61.2 Å². The summed E-state index contributed by atoms with van der Waals surface area (Å²) in [6, 6.07) is 9.44. The Bertz CT molecular complexity index is 1610. The average Bonchev–Trinajstić information content (AvgIpc) is 3.60. The smallest absolute Gasteiger partial charge is 0.229 e. The van der Waals surface area contributed by atoms with Gasteiger partial charge in [-0.15, -0.1) is 12.8 Å². The number of aldehydes is 1. The van der Waals surface area contributed by atoms with E-state index in [4.69, 9.17) is 22.8 Å². The second kappa shape index (κ2) is 11.7. The number of hydrogen-bond donors (Lipinski definition) is 2. The third-order valence-electron chi connectivity index (χ3n) is 6.97. The summed E-state index contributed by atoms with van der Waals surface area (Å²) in [5.74, 6) is 7.80. The van der Waals surface area contributed by atoms with E-state index >= 15 is 0 Å². The fourth-order valence-corrected chi connectivity index (χ4v) is 4.57. The molecule has 6 rings (SSSR count). The van der Waals surface area contributed by atoms with Crippen molar-refractivity contribution < 1.29 is 9.59 Å². The van der Waals surface area contributed by atoms with Gasteiger partial charge in [-0.2, -0.15) is 15.1 Å². The van der Waals surface area contributed by atoms with Crippen molar-refractivity contribution in [3.05, 3.63) is 58.9 Å². The lowest BCUT2D eigenvalue weighted by Crippen LogP contribution is -2.46. The van der Waals surface area contributed by atoms with E-state index in [0.717, 1.165) is 40.8 Å². The molecule has 202 valence electrons. The summed E-state index contributed by atoms with van der Waals surface area (Å²) in [6.45, 7) is 5.07. The molecule has 0 radical (unpaired) electrons. The van der Waals surface area contributed by atoms with Crippen molar-refractivity contribution in [3.8, 4) is 24.7 Å². The maximum Gasteiger partial charge on any atom is 0.229 e. The number of anilines is 3. The highest BCUT2D eigenvalue weighted by Gasteiger charge is 2.26. The van der Waals surface area contributed by atoms with Crippen LogP contribution in [0.4, 0.5) is 17.6 Å². The Morgan fingerprint density at radius 2 is 1.90 bits per heavy atom. The average molecular weight is 535 g/mol. The Kier molecular flexibility index (Phi) is 7.79. The second-order valence-electron chi connectivity index (χ2n) is 9.85. The molecule has 4 aromatic rings. The number of amides is 1. The topological polar surface area (TPSA) is 112 Å². The number of piperazine rings is 1. The van der Waals surface area contributed by atoms with Crippen LogP contribution in [-0.2, 0) is 11.3 Å². The van der Waals surface area contributed by atoms with Gasteiger partial charge < -0.3 is 19.7 Å². The zero-order valence-electron chi connectivity index (χ0n) is 22.3. The summed E-state index contributed by atoms with van der Waals surface area (Å²) in [6.07, 6.45) is 16.7. The van der Waals surface area contributed by atoms with E-state index in [1.165, 1.54) is 12.8 Å². The zero-order valence-corrected chi connectivity index (χ0v) is 22.3. The summed E-state index contributed by atoms with van der Waals surface area (Å²) in [5, 5.41) is 11.8. The summed E-state index contributed by atoms with van der Waals surface area (Å²) in [4.78, 5) is 34.8. The van der Waals surface area contributed by atoms with Gasteiger partial charge in [-0.05, 0) is 37.5 Å². The molecule has 1 saturated carbocycles. The van der Waals surface area contributed by atoms with Crippen LogP contribution in [0.3, 0.4) is 0 Å². The van der Waals surface area contributed by atoms with Gasteiger partial charge in [0.2, 0.25) is 12.4 Å². The molecule has 1 saturated heterocycles. The molecule has 2 N–H and O–H groups in total. The Morgan fingerprint density at radius 3 is 2.58 bits per heavy atom. The van der Waals surface area contributed by atoms with Crippen LogP contribution in [0.15, 0.2) is 36.5 Å². The molecule has 1 amide bonds. The highest BCUT2D eigenvalue weighted by molar-refractivity contribution is 5.90. The molecule has 0 spiro atoms. The van der Waals surface area contributed by atoms with Crippen molar-refractivity contribution in [3.63, 3.8) is 0 Å². The normalized spacial score (nSPS) is 14.6. The van der Waals surface area contributed by atoms with Crippen LogP contribution in [0.1, 0.15) is 45.9 Å². The number of rotatable bonds is 7. The molecular weight excluding hydrogens is 504 g/mol. The van der Waals surface area contributed by atoms with E-state index in [0.29, 0.717) is 61.5 Å². The highest BCUT2D eigenvalue weighted by Crippen LogP contribution is 2.40. The summed E-state index contributed by atoms with van der Waals surface area (Å²) < 4.78 is 1.94. The van der Waals surface area contributed by atoms with E-state index in [-0.39, 0.29) is 0 Å². The minimum atomic E-state index is 0.437. The number of carbonyl (C=O) groups excluding carboxylic acids is 2. The van der Waals surface area contributed by atoms with Crippen LogP contribution in [-0.4, -0.2) is 68.5 Å². The standard InChI is InChI=1S/C20H22N8O.C10H8O/c1-2-6-27-7-5-15-18(21-17-12-16(24-25-17)14-3-4-14)22-20(23-19(15)27)28-10-8-26(13-29)9-11-28;1-3-9-6-8(2)4-5-10(9)7-11/h1,5,7,12-14H,3-4,6,8-11H2,(H2,21,22,23,24,25);1,4-7H,2H3. The third-order valence-corrected chi connectivity index (χ3v) is 6.97. The number of aromatic nitrogens is 5. The molecule has 40 heavy (non-hydrogen) atoms. The fourth-order valence-electron chi connectivity index (χ4n) is 4.57. The van der Waals surface area contributed by atoms with E-state index in [9.17, 15) is 9.59 Å². The molecule has 2 fully saturated rings. The molecule has 4 heterocycles. The summed E-state index contributed by atoms with van der Waals surface area (Å²) in [5.41, 5.74) is 4.26. The van der Waals surface area contributed by atoms with Gasteiger partial charge in [0.05, 0.1) is 11.9 Å². The lowest BCUT2D eigenvalue weighted by Gasteiger charge is -2.32. The minimum absolute atomic E-state index is 0.437. The number of terminal acetylenes is 2. The third kappa shape index (κ3) is 5.82. The van der Waals surface area contributed by atoms with Crippen molar-refractivity contribution in [1.29, 1.82) is 0 Å². The van der Waals surface area contributed by atoms with E-state index < -0.39 is 0 Å². The SMILES string of the molecule is C#CCn1ccc2c(Nc3cc(C4CC4)[nH]n3)nc(N3CCN(C=O)CC3)nc21.C#Cc1cc(C)ccc1C=O. The minimum Gasteiger partial charge on any atom is -0.342 e. The quantitative estimate of drug-likeness (QED) is 0.276. The predicted molar refractivity (Wildman–Crippen MR) is 155 cm³/mol. The molecule has 0 unspecified atom stereocenters. The van der Waals surface area contributed by atoms with Crippen LogP contribution in [0.5, 0.6) is 0 Å². The first-order chi connectivity index (χ1) is 19.5. The largest absolute Gasteiger partial charge is 0.342 e. The van der Waals surface area contributed by atoms with Crippen LogP contribution in [0.2, 0.25) is 0 Å². The summed E-state index contributed by atoms with van der Waals surface area (Å²) >= 11 is 0. The van der Waals surface area contributed by atoms with Crippen molar-refractivity contribution in [1.82, 2.24) is 29.6 Å². The molecule has 1 aliphatic carbocycles. The summed E-state index contributed by atoms with van der Waals surface area (Å²) in [7, 11) is 0. The molecule has 2 aliphatic rings.